The summed E-state index contributed by atoms with van der Waals surface area (Å²) in [6, 6.07) is 5.52. The molecule has 128 valence electrons. The predicted octanol–water partition coefficient (Wildman–Crippen LogP) is 3.09. The van der Waals surface area contributed by atoms with Crippen LogP contribution >= 0.6 is 0 Å². The fraction of sp³-hybridized carbons (Fsp3) is 0.111. The Morgan fingerprint density at radius 3 is 2.52 bits per heavy atom. The second kappa shape index (κ2) is 6.43. The van der Waals surface area contributed by atoms with Crippen LogP contribution in [0.4, 0.5) is 13.2 Å². The van der Waals surface area contributed by atoms with Crippen LogP contribution in [0.5, 0.6) is 0 Å². The summed E-state index contributed by atoms with van der Waals surface area (Å²) < 4.78 is 46.5. The Kier molecular flexibility index (Phi) is 4.31. The van der Waals surface area contributed by atoms with E-state index in [2.05, 4.69) is 4.98 Å². The van der Waals surface area contributed by atoms with E-state index in [9.17, 15) is 18.0 Å². The van der Waals surface area contributed by atoms with Gasteiger partial charge >= 0.3 is 5.97 Å². The topological polar surface area (TPSA) is 66.5 Å². The van der Waals surface area contributed by atoms with Crippen molar-refractivity contribution in [1.29, 1.82) is 0 Å². The van der Waals surface area contributed by atoms with Gasteiger partial charge in [0.25, 0.3) is 0 Å². The molecule has 3 aromatic rings. The number of pyridine rings is 1. The fourth-order valence-corrected chi connectivity index (χ4v) is 2.74. The molecule has 0 aliphatic carbocycles. The van der Waals surface area contributed by atoms with Gasteiger partial charge in [0.15, 0.2) is 5.82 Å². The summed E-state index contributed by atoms with van der Waals surface area (Å²) in [5.41, 5.74) is 5.60. The minimum atomic E-state index is -0.873. The van der Waals surface area contributed by atoms with Crippen molar-refractivity contribution in [1.82, 2.24) is 0 Å². The Bertz CT molecular complexity index is 1030. The summed E-state index contributed by atoms with van der Waals surface area (Å²) >= 11 is 0. The molecule has 0 spiro atoms. The van der Waals surface area contributed by atoms with Crippen molar-refractivity contribution in [2.24, 2.45) is 5.73 Å². The SMILES string of the molecule is CCOC(=O)C(=CN)c1[nH+]c2c(F)cc(F)cc2c2cc(F)ccc12. The molecule has 1 heterocycles. The number of hydrogen-bond donors (Lipinski definition) is 1. The zero-order valence-corrected chi connectivity index (χ0v) is 13.2. The average Bonchev–Trinajstić information content (AvgIpc) is 2.56. The van der Waals surface area contributed by atoms with Crippen molar-refractivity contribution in [3.8, 4) is 0 Å². The van der Waals surface area contributed by atoms with E-state index in [1.165, 1.54) is 12.1 Å². The van der Waals surface area contributed by atoms with Gasteiger partial charge < -0.3 is 10.5 Å². The van der Waals surface area contributed by atoms with E-state index >= 15 is 0 Å². The number of aromatic amines is 1. The molecule has 0 radical (unpaired) electrons. The van der Waals surface area contributed by atoms with Crippen LogP contribution in [0.15, 0.2) is 36.5 Å². The number of benzene rings is 2. The zero-order chi connectivity index (χ0) is 18.1. The van der Waals surface area contributed by atoms with Crippen LogP contribution in [0.25, 0.3) is 27.2 Å². The molecule has 3 rings (SSSR count). The number of halogens is 3. The third-order valence-electron chi connectivity index (χ3n) is 3.78. The standard InChI is InChI=1S/C18H13F3N2O2/c1-2-25-18(24)14(8-22)16-11-4-3-9(19)5-12(11)13-6-10(20)7-15(21)17(13)23-16/h3-8H,2,22H2,1H3/p+1. The smallest absolute Gasteiger partial charge is 0.346 e. The highest BCUT2D eigenvalue weighted by Crippen LogP contribution is 2.30. The molecule has 0 saturated carbocycles. The van der Waals surface area contributed by atoms with Crippen molar-refractivity contribution in [3.63, 3.8) is 0 Å². The Labute approximate surface area is 140 Å². The van der Waals surface area contributed by atoms with E-state index in [1.54, 1.807) is 6.92 Å². The molecule has 0 aliphatic heterocycles. The minimum absolute atomic E-state index is 0.0379. The van der Waals surface area contributed by atoms with Crippen molar-refractivity contribution >= 4 is 33.2 Å². The van der Waals surface area contributed by atoms with Crippen molar-refractivity contribution in [3.05, 3.63) is 59.7 Å². The first-order valence-electron chi connectivity index (χ1n) is 7.49. The van der Waals surface area contributed by atoms with Gasteiger partial charge in [-0.15, -0.1) is 0 Å². The minimum Gasteiger partial charge on any atom is -0.462 e. The van der Waals surface area contributed by atoms with Crippen LogP contribution in [0, 0.1) is 17.5 Å². The summed E-state index contributed by atoms with van der Waals surface area (Å²) in [5.74, 6) is -2.96. The summed E-state index contributed by atoms with van der Waals surface area (Å²) in [5, 5.41) is 0.769. The molecule has 0 saturated heterocycles. The van der Waals surface area contributed by atoms with Gasteiger partial charge in [-0.3, -0.25) is 0 Å². The summed E-state index contributed by atoms with van der Waals surface area (Å²) in [6.07, 6.45) is 1.03. The van der Waals surface area contributed by atoms with Crippen LogP contribution < -0.4 is 10.7 Å². The highest BCUT2D eigenvalue weighted by molar-refractivity contribution is 6.20. The maximum absolute atomic E-state index is 14.2. The van der Waals surface area contributed by atoms with E-state index in [0.717, 1.165) is 18.3 Å². The second-order valence-electron chi connectivity index (χ2n) is 5.30. The molecule has 3 N–H and O–H groups in total. The third kappa shape index (κ3) is 2.88. The van der Waals surface area contributed by atoms with Crippen LogP contribution in [-0.2, 0) is 9.53 Å². The number of nitrogens with two attached hydrogens (primary N) is 1. The number of rotatable bonds is 3. The van der Waals surface area contributed by atoms with E-state index in [0.29, 0.717) is 11.5 Å². The Morgan fingerprint density at radius 2 is 1.84 bits per heavy atom. The number of nitrogens with one attached hydrogen (secondary N) is 1. The van der Waals surface area contributed by atoms with Gasteiger partial charge in [0.1, 0.15) is 17.2 Å². The van der Waals surface area contributed by atoms with E-state index in [4.69, 9.17) is 10.5 Å². The Hall–Kier alpha value is -3.09. The molecule has 7 heteroatoms. The van der Waals surface area contributed by atoms with Crippen LogP contribution in [0.1, 0.15) is 12.6 Å². The van der Waals surface area contributed by atoms with Crippen molar-refractivity contribution < 1.29 is 27.7 Å². The Morgan fingerprint density at radius 1 is 1.12 bits per heavy atom. The number of fused-ring (bicyclic) bond motifs is 3. The zero-order valence-electron chi connectivity index (χ0n) is 13.2. The molecule has 1 aromatic heterocycles. The lowest BCUT2D eigenvalue weighted by molar-refractivity contribution is -0.348. The second-order valence-corrected chi connectivity index (χ2v) is 5.30. The maximum Gasteiger partial charge on any atom is 0.346 e. The van der Waals surface area contributed by atoms with E-state index in [1.807, 2.05) is 0 Å². The molecule has 0 unspecified atom stereocenters. The number of esters is 1. The highest BCUT2D eigenvalue weighted by atomic mass is 19.1. The predicted molar refractivity (Wildman–Crippen MR) is 86.7 cm³/mol. The molecule has 0 atom stereocenters. The molecular formula is C18H14F3N2O2+. The average molecular weight is 347 g/mol. The van der Waals surface area contributed by atoms with Gasteiger partial charge in [0.2, 0.25) is 11.2 Å². The normalized spacial score (nSPS) is 11.9. The quantitative estimate of drug-likeness (QED) is 0.450. The molecule has 2 aromatic carbocycles. The maximum atomic E-state index is 14.2. The summed E-state index contributed by atoms with van der Waals surface area (Å²) in [4.78, 5) is 14.9. The van der Waals surface area contributed by atoms with E-state index in [-0.39, 0.29) is 34.2 Å². The Balaban J connectivity index is 2.44. The van der Waals surface area contributed by atoms with Gasteiger partial charge in [-0.05, 0) is 31.2 Å². The molecule has 0 fully saturated rings. The number of ether oxygens (including phenoxy) is 1. The highest BCUT2D eigenvalue weighted by Gasteiger charge is 2.26. The molecule has 0 amide bonds. The van der Waals surface area contributed by atoms with Gasteiger partial charge in [0, 0.05) is 17.7 Å². The summed E-state index contributed by atoms with van der Waals surface area (Å²) in [7, 11) is 0. The molecule has 0 aliphatic rings. The summed E-state index contributed by atoms with van der Waals surface area (Å²) in [6.45, 7) is 1.75. The lowest BCUT2D eigenvalue weighted by Crippen LogP contribution is -2.20. The molecule has 25 heavy (non-hydrogen) atoms. The van der Waals surface area contributed by atoms with Crippen LogP contribution in [0.3, 0.4) is 0 Å². The van der Waals surface area contributed by atoms with Gasteiger partial charge in [-0.25, -0.2) is 18.6 Å². The number of carbonyl (C=O) groups excluding carboxylic acids is 1. The number of H-pyrrole nitrogens is 1. The van der Waals surface area contributed by atoms with Crippen molar-refractivity contribution in [2.75, 3.05) is 6.61 Å². The van der Waals surface area contributed by atoms with Gasteiger partial charge in [-0.2, -0.15) is 4.39 Å². The number of hydrogen-bond acceptors (Lipinski definition) is 3. The van der Waals surface area contributed by atoms with Gasteiger partial charge in [-0.1, -0.05) is 0 Å². The van der Waals surface area contributed by atoms with Gasteiger partial charge in [0.05, 0.1) is 17.4 Å². The first kappa shape index (κ1) is 16.8. The lowest BCUT2D eigenvalue weighted by atomic mass is 10.00. The number of aromatic nitrogens is 1. The van der Waals surface area contributed by atoms with E-state index < -0.39 is 23.4 Å². The number of carbonyl (C=O) groups is 1. The first-order chi connectivity index (χ1) is 12.0. The molecule has 0 bridgehead atoms. The largest absolute Gasteiger partial charge is 0.462 e. The first-order valence-corrected chi connectivity index (χ1v) is 7.49. The fourth-order valence-electron chi connectivity index (χ4n) is 2.74. The molecular weight excluding hydrogens is 333 g/mol. The van der Waals surface area contributed by atoms with Crippen molar-refractivity contribution in [2.45, 2.75) is 6.92 Å². The van der Waals surface area contributed by atoms with Crippen LogP contribution in [0.2, 0.25) is 0 Å². The monoisotopic (exact) mass is 347 g/mol. The molecule has 4 nitrogen and oxygen atoms in total. The third-order valence-corrected chi connectivity index (χ3v) is 3.78. The van der Waals surface area contributed by atoms with Crippen LogP contribution in [-0.4, -0.2) is 12.6 Å². The lowest BCUT2D eigenvalue weighted by Gasteiger charge is -2.08.